The van der Waals surface area contributed by atoms with Crippen molar-refractivity contribution in [1.82, 2.24) is 4.98 Å². The van der Waals surface area contributed by atoms with E-state index in [0.29, 0.717) is 16.4 Å². The number of anilines is 1. The molecule has 0 aliphatic heterocycles. The molecule has 9 heteroatoms. The first-order valence-electron chi connectivity index (χ1n) is 8.07. The number of hydrogen-bond donors (Lipinski definition) is 2. The highest BCUT2D eigenvalue weighted by Gasteiger charge is 2.14. The number of alkyl halides is 2. The molecule has 0 saturated carbocycles. The van der Waals surface area contributed by atoms with E-state index in [4.69, 9.17) is 5.73 Å². The van der Waals surface area contributed by atoms with E-state index in [1.54, 1.807) is 24.3 Å². The number of carbonyl (C=O) groups is 2. The van der Waals surface area contributed by atoms with Crippen molar-refractivity contribution in [3.63, 3.8) is 0 Å². The molecule has 2 aromatic carbocycles. The van der Waals surface area contributed by atoms with Gasteiger partial charge in [0.15, 0.2) is 5.13 Å². The summed E-state index contributed by atoms with van der Waals surface area (Å²) in [6, 6.07) is 12.1. The number of nitrogens with zero attached hydrogens (tertiary/aromatic N) is 1. The van der Waals surface area contributed by atoms with E-state index < -0.39 is 18.4 Å². The molecule has 6 nitrogen and oxygen atoms in total. The molecule has 28 heavy (non-hydrogen) atoms. The van der Waals surface area contributed by atoms with Crippen LogP contribution in [0.1, 0.15) is 25.6 Å². The second-order valence-corrected chi connectivity index (χ2v) is 6.93. The lowest BCUT2D eigenvalue weighted by molar-refractivity contribution is -0.0498. The van der Waals surface area contributed by atoms with Crippen LogP contribution in [-0.2, 0) is 0 Å². The second kappa shape index (κ2) is 8.13. The van der Waals surface area contributed by atoms with Gasteiger partial charge in [-0.1, -0.05) is 6.07 Å². The average molecular weight is 403 g/mol. The number of aryl methyl sites for hydroxylation is 1. The molecule has 0 radical (unpaired) electrons. The van der Waals surface area contributed by atoms with Gasteiger partial charge in [0, 0.05) is 21.6 Å². The maximum atomic E-state index is 12.4. The third-order valence-corrected chi connectivity index (χ3v) is 4.67. The molecular weight excluding hydrogens is 388 g/mol. The van der Waals surface area contributed by atoms with Gasteiger partial charge in [0.05, 0.1) is 5.69 Å². The Balaban J connectivity index is 1.78. The molecule has 0 spiro atoms. The average Bonchev–Trinajstić information content (AvgIpc) is 3.02. The van der Waals surface area contributed by atoms with Gasteiger partial charge in [-0.25, -0.2) is 4.98 Å². The van der Waals surface area contributed by atoms with Crippen LogP contribution in [-0.4, -0.2) is 23.4 Å². The summed E-state index contributed by atoms with van der Waals surface area (Å²) in [5.74, 6) is -1.00. The smallest absolute Gasteiger partial charge is 0.387 e. The third-order valence-electron chi connectivity index (χ3n) is 3.78. The fraction of sp³-hybridized carbons (Fsp3) is 0.105. The predicted molar refractivity (Wildman–Crippen MR) is 102 cm³/mol. The minimum Gasteiger partial charge on any atom is -0.435 e. The SMILES string of the molecule is Cc1sc(NC(=O)c2cccc(C(N)=O)c2)nc1-c1ccc(OC(F)F)cc1. The molecule has 0 aliphatic rings. The molecule has 0 saturated heterocycles. The monoisotopic (exact) mass is 403 g/mol. The fourth-order valence-electron chi connectivity index (χ4n) is 2.49. The quantitative estimate of drug-likeness (QED) is 0.649. The van der Waals surface area contributed by atoms with Crippen LogP contribution in [0.15, 0.2) is 48.5 Å². The molecule has 2 amide bonds. The molecule has 1 aromatic heterocycles. The van der Waals surface area contributed by atoms with Gasteiger partial charge in [0.2, 0.25) is 5.91 Å². The number of carbonyl (C=O) groups excluding carboxylic acids is 2. The summed E-state index contributed by atoms with van der Waals surface area (Å²) in [6.45, 7) is -1.05. The van der Waals surface area contributed by atoms with E-state index >= 15 is 0 Å². The topological polar surface area (TPSA) is 94.3 Å². The van der Waals surface area contributed by atoms with Crippen LogP contribution in [0.4, 0.5) is 13.9 Å². The lowest BCUT2D eigenvalue weighted by atomic mass is 10.1. The first kappa shape index (κ1) is 19.4. The van der Waals surface area contributed by atoms with E-state index in [1.807, 2.05) is 6.92 Å². The highest BCUT2D eigenvalue weighted by Crippen LogP contribution is 2.31. The Kier molecular flexibility index (Phi) is 5.65. The predicted octanol–water partition coefficient (Wildman–Crippen LogP) is 4.07. The van der Waals surface area contributed by atoms with Gasteiger partial charge < -0.3 is 10.5 Å². The largest absolute Gasteiger partial charge is 0.435 e. The van der Waals surface area contributed by atoms with Crippen molar-refractivity contribution >= 4 is 28.3 Å². The number of ether oxygens (including phenoxy) is 1. The van der Waals surface area contributed by atoms with Crippen LogP contribution in [0, 0.1) is 6.92 Å². The van der Waals surface area contributed by atoms with Gasteiger partial charge in [-0.05, 0) is 49.4 Å². The molecule has 0 bridgehead atoms. The molecule has 0 aliphatic carbocycles. The van der Waals surface area contributed by atoms with E-state index in [-0.39, 0.29) is 16.9 Å². The zero-order valence-electron chi connectivity index (χ0n) is 14.6. The fourth-order valence-corrected chi connectivity index (χ4v) is 3.33. The van der Waals surface area contributed by atoms with Gasteiger partial charge >= 0.3 is 6.61 Å². The molecule has 144 valence electrons. The maximum absolute atomic E-state index is 12.4. The molecule has 3 rings (SSSR count). The summed E-state index contributed by atoms with van der Waals surface area (Å²) in [5, 5.41) is 3.06. The van der Waals surface area contributed by atoms with E-state index in [9.17, 15) is 18.4 Å². The van der Waals surface area contributed by atoms with E-state index in [1.165, 1.54) is 35.6 Å². The summed E-state index contributed by atoms with van der Waals surface area (Å²) in [4.78, 5) is 28.9. The van der Waals surface area contributed by atoms with Crippen molar-refractivity contribution in [1.29, 1.82) is 0 Å². The summed E-state index contributed by atoms with van der Waals surface area (Å²) < 4.78 is 28.8. The summed E-state index contributed by atoms with van der Waals surface area (Å²) in [6.07, 6.45) is 0. The zero-order chi connectivity index (χ0) is 20.3. The molecule has 0 fully saturated rings. The normalized spacial score (nSPS) is 10.7. The number of primary amides is 1. The Morgan fingerprint density at radius 2 is 1.82 bits per heavy atom. The van der Waals surface area contributed by atoms with Gasteiger partial charge in [-0.3, -0.25) is 14.9 Å². The lowest BCUT2D eigenvalue weighted by Gasteiger charge is -2.05. The van der Waals surface area contributed by atoms with Crippen molar-refractivity contribution < 1.29 is 23.1 Å². The zero-order valence-corrected chi connectivity index (χ0v) is 15.4. The Morgan fingerprint density at radius 1 is 1.14 bits per heavy atom. The molecule has 3 aromatic rings. The maximum Gasteiger partial charge on any atom is 0.387 e. The van der Waals surface area contributed by atoms with Crippen LogP contribution in [0.3, 0.4) is 0 Å². The Hall–Kier alpha value is -3.33. The Morgan fingerprint density at radius 3 is 2.46 bits per heavy atom. The Bertz CT molecular complexity index is 1020. The number of hydrogen-bond acceptors (Lipinski definition) is 5. The Labute approximate surface area is 163 Å². The van der Waals surface area contributed by atoms with Crippen LogP contribution in [0.5, 0.6) is 5.75 Å². The van der Waals surface area contributed by atoms with Crippen molar-refractivity contribution in [3.8, 4) is 17.0 Å². The molecule has 3 N–H and O–H groups in total. The molecule has 0 unspecified atom stereocenters. The van der Waals surface area contributed by atoms with E-state index in [2.05, 4.69) is 15.0 Å². The van der Waals surface area contributed by atoms with E-state index in [0.717, 1.165) is 4.88 Å². The summed E-state index contributed by atoms with van der Waals surface area (Å²) >= 11 is 1.27. The van der Waals surface area contributed by atoms with Crippen molar-refractivity contribution in [2.45, 2.75) is 13.5 Å². The highest BCUT2D eigenvalue weighted by atomic mass is 32.1. The minimum atomic E-state index is -2.89. The van der Waals surface area contributed by atoms with Crippen molar-refractivity contribution in [2.24, 2.45) is 5.73 Å². The van der Waals surface area contributed by atoms with Crippen LogP contribution in [0.25, 0.3) is 11.3 Å². The number of nitrogens with one attached hydrogen (secondary N) is 1. The molecule has 0 atom stereocenters. The van der Waals surface area contributed by atoms with Gasteiger partial charge in [0.1, 0.15) is 5.75 Å². The number of benzene rings is 2. The first-order valence-corrected chi connectivity index (χ1v) is 8.89. The number of nitrogens with two attached hydrogens (primary N) is 1. The van der Waals surface area contributed by atoms with Crippen molar-refractivity contribution in [3.05, 3.63) is 64.5 Å². The van der Waals surface area contributed by atoms with Crippen molar-refractivity contribution in [2.75, 3.05) is 5.32 Å². The number of thiazole rings is 1. The lowest BCUT2D eigenvalue weighted by Crippen LogP contribution is -2.15. The number of halogens is 2. The number of amides is 2. The standard InChI is InChI=1S/C19H15F2N3O3S/c1-10-15(11-5-7-14(8-6-11)27-18(20)21)23-19(28-10)24-17(26)13-4-2-3-12(9-13)16(22)25/h2-9,18H,1H3,(H2,22,25)(H,23,24,26). The number of rotatable bonds is 6. The summed E-state index contributed by atoms with van der Waals surface area (Å²) in [7, 11) is 0. The third kappa shape index (κ3) is 4.49. The highest BCUT2D eigenvalue weighted by molar-refractivity contribution is 7.16. The van der Waals surface area contributed by atoms with Crippen LogP contribution < -0.4 is 15.8 Å². The summed E-state index contributed by atoms with van der Waals surface area (Å²) in [5.41, 5.74) is 7.06. The number of aromatic nitrogens is 1. The first-order chi connectivity index (χ1) is 13.3. The van der Waals surface area contributed by atoms with Gasteiger partial charge in [-0.15, -0.1) is 11.3 Å². The minimum absolute atomic E-state index is 0.0505. The molecule has 1 heterocycles. The van der Waals surface area contributed by atoms with Gasteiger partial charge in [-0.2, -0.15) is 8.78 Å². The van der Waals surface area contributed by atoms with Crippen LogP contribution >= 0.6 is 11.3 Å². The van der Waals surface area contributed by atoms with Gasteiger partial charge in [0.25, 0.3) is 5.91 Å². The second-order valence-electron chi connectivity index (χ2n) is 5.73. The van der Waals surface area contributed by atoms with Crippen LogP contribution in [0.2, 0.25) is 0 Å². The molecular formula is C19H15F2N3O3S.